The highest BCUT2D eigenvalue weighted by Crippen LogP contribution is 2.21. The van der Waals surface area contributed by atoms with Gasteiger partial charge in [0, 0.05) is 29.7 Å². The Morgan fingerprint density at radius 2 is 2.07 bits per heavy atom. The number of anilines is 1. The predicted molar refractivity (Wildman–Crippen MR) is 107 cm³/mol. The number of nitrogens with zero attached hydrogens (tertiary/aromatic N) is 4. The number of hydrogen-bond donors (Lipinski definition) is 2. The lowest BCUT2D eigenvalue weighted by Gasteiger charge is -2.30. The highest BCUT2D eigenvalue weighted by molar-refractivity contribution is 5.93. The number of aryl methyl sites for hydroxylation is 1. The molecule has 0 fully saturated rings. The Morgan fingerprint density at radius 1 is 1.25 bits per heavy atom. The normalized spacial score (nSPS) is 16.8. The van der Waals surface area contributed by atoms with Crippen LogP contribution in [-0.2, 0) is 6.54 Å². The first-order valence-electron chi connectivity index (χ1n) is 8.85. The summed E-state index contributed by atoms with van der Waals surface area (Å²) in [6, 6.07) is 13.0. The molecular weight excluding hydrogens is 356 g/mol. The van der Waals surface area contributed by atoms with Crippen molar-refractivity contribution in [3.63, 3.8) is 0 Å². The second-order valence-electron chi connectivity index (χ2n) is 6.40. The van der Waals surface area contributed by atoms with Gasteiger partial charge in [-0.2, -0.15) is 0 Å². The number of ether oxygens (including phenoxy) is 1. The molecule has 2 N–H and O–H groups in total. The molecule has 1 aliphatic rings. The minimum Gasteiger partial charge on any atom is -0.497 e. The average molecular weight is 376 g/mol. The van der Waals surface area contributed by atoms with Crippen molar-refractivity contribution in [2.24, 2.45) is 4.99 Å². The highest BCUT2D eigenvalue weighted by atomic mass is 16.5. The van der Waals surface area contributed by atoms with Crippen molar-refractivity contribution in [1.29, 1.82) is 0 Å². The summed E-state index contributed by atoms with van der Waals surface area (Å²) in [5, 5.41) is 6.39. The Morgan fingerprint density at radius 3 is 2.79 bits per heavy atom. The van der Waals surface area contributed by atoms with Gasteiger partial charge in [-0.25, -0.2) is 9.98 Å². The van der Waals surface area contributed by atoms with E-state index in [2.05, 4.69) is 25.6 Å². The summed E-state index contributed by atoms with van der Waals surface area (Å²) >= 11 is 0. The number of aromatic nitrogens is 3. The van der Waals surface area contributed by atoms with E-state index in [-0.39, 0.29) is 5.56 Å². The molecule has 1 atom stereocenters. The molecule has 142 valence electrons. The fraction of sp³-hybridized carbons (Fsp3) is 0.200. The van der Waals surface area contributed by atoms with E-state index in [4.69, 9.17) is 4.74 Å². The molecule has 8 nitrogen and oxygen atoms in total. The average Bonchev–Trinajstić information content (AvgIpc) is 2.72. The fourth-order valence-corrected chi connectivity index (χ4v) is 3.04. The second-order valence-corrected chi connectivity index (χ2v) is 6.40. The SMILES string of the molecule is COc1ccc(CN=C2Nc3nc(C)cc(=O)n3[C@H](c3cccnc3)N2)cc1. The van der Waals surface area contributed by atoms with Crippen LogP contribution in [0.4, 0.5) is 5.95 Å². The molecule has 4 rings (SSSR count). The number of nitrogens with one attached hydrogen (secondary N) is 2. The number of guanidine groups is 1. The van der Waals surface area contributed by atoms with E-state index in [1.807, 2.05) is 36.4 Å². The smallest absolute Gasteiger partial charge is 0.257 e. The van der Waals surface area contributed by atoms with Crippen LogP contribution in [0.2, 0.25) is 0 Å². The van der Waals surface area contributed by atoms with Gasteiger partial charge >= 0.3 is 0 Å². The van der Waals surface area contributed by atoms with Gasteiger partial charge in [0.1, 0.15) is 11.9 Å². The van der Waals surface area contributed by atoms with Crippen molar-refractivity contribution >= 4 is 11.9 Å². The van der Waals surface area contributed by atoms with Crippen LogP contribution in [0, 0.1) is 6.92 Å². The van der Waals surface area contributed by atoms with Crippen LogP contribution < -0.4 is 20.9 Å². The molecule has 3 heterocycles. The van der Waals surface area contributed by atoms with Crippen LogP contribution in [0.5, 0.6) is 5.75 Å². The molecule has 1 aliphatic heterocycles. The Labute approximate surface area is 162 Å². The zero-order valence-electron chi connectivity index (χ0n) is 15.6. The van der Waals surface area contributed by atoms with E-state index in [0.29, 0.717) is 24.1 Å². The Hall–Kier alpha value is -3.68. The summed E-state index contributed by atoms with van der Waals surface area (Å²) < 4.78 is 6.75. The molecule has 0 spiro atoms. The van der Waals surface area contributed by atoms with Crippen LogP contribution in [0.25, 0.3) is 0 Å². The Balaban J connectivity index is 1.67. The quantitative estimate of drug-likeness (QED) is 0.724. The first-order chi connectivity index (χ1) is 13.6. The summed E-state index contributed by atoms with van der Waals surface area (Å²) in [6.07, 6.45) is 2.97. The largest absolute Gasteiger partial charge is 0.497 e. The molecule has 0 radical (unpaired) electrons. The molecule has 28 heavy (non-hydrogen) atoms. The van der Waals surface area contributed by atoms with Crippen molar-refractivity contribution in [2.45, 2.75) is 19.6 Å². The van der Waals surface area contributed by atoms with Gasteiger partial charge in [0.15, 0.2) is 5.96 Å². The molecule has 0 unspecified atom stereocenters. The first-order valence-corrected chi connectivity index (χ1v) is 8.85. The second kappa shape index (κ2) is 7.51. The van der Waals surface area contributed by atoms with Crippen LogP contribution in [0.15, 0.2) is 64.6 Å². The standard InChI is InChI=1S/C20H20N6O2/c1-13-10-17(27)26-18(15-4-3-9-21-12-15)24-19(25-20(26)23-13)22-11-14-5-7-16(28-2)8-6-14/h3-10,12,18H,11H2,1-2H3,(H2,22,23,24,25)/t18-/m1/s1. The summed E-state index contributed by atoms with van der Waals surface area (Å²) in [4.78, 5) is 25.8. The molecule has 1 aromatic carbocycles. The lowest BCUT2D eigenvalue weighted by molar-refractivity contribution is 0.414. The number of rotatable bonds is 4. The zero-order valence-corrected chi connectivity index (χ0v) is 15.6. The Kier molecular flexibility index (Phi) is 4.76. The van der Waals surface area contributed by atoms with Crippen molar-refractivity contribution in [2.75, 3.05) is 12.4 Å². The molecule has 0 saturated carbocycles. The van der Waals surface area contributed by atoms with E-state index in [9.17, 15) is 4.79 Å². The molecular formula is C20H20N6O2. The van der Waals surface area contributed by atoms with Gasteiger partial charge in [0.25, 0.3) is 5.56 Å². The van der Waals surface area contributed by atoms with Gasteiger partial charge in [0.2, 0.25) is 5.95 Å². The Bertz CT molecular complexity index is 1060. The predicted octanol–water partition coefficient (Wildman–Crippen LogP) is 2.07. The third kappa shape index (κ3) is 3.57. The number of hydrogen-bond acceptors (Lipinski definition) is 5. The molecule has 0 bridgehead atoms. The van der Waals surface area contributed by atoms with Crippen molar-refractivity contribution in [3.8, 4) is 5.75 Å². The maximum absolute atomic E-state index is 12.6. The van der Waals surface area contributed by atoms with Crippen LogP contribution in [-0.4, -0.2) is 27.6 Å². The van der Waals surface area contributed by atoms with Crippen molar-refractivity contribution in [3.05, 3.63) is 82.0 Å². The molecule has 8 heteroatoms. The van der Waals surface area contributed by atoms with E-state index in [1.54, 1.807) is 31.0 Å². The summed E-state index contributed by atoms with van der Waals surface area (Å²) in [5.74, 6) is 1.79. The number of fused-ring (bicyclic) bond motifs is 1. The first kappa shape index (κ1) is 17.7. The van der Waals surface area contributed by atoms with Gasteiger partial charge < -0.3 is 10.1 Å². The molecule has 0 aliphatic carbocycles. The van der Waals surface area contributed by atoms with Crippen molar-refractivity contribution in [1.82, 2.24) is 19.9 Å². The lowest BCUT2D eigenvalue weighted by Crippen LogP contribution is -2.48. The van der Waals surface area contributed by atoms with Crippen LogP contribution in [0.3, 0.4) is 0 Å². The van der Waals surface area contributed by atoms with Gasteiger partial charge in [-0.3, -0.25) is 19.7 Å². The summed E-state index contributed by atoms with van der Waals surface area (Å²) in [5.41, 5.74) is 2.38. The highest BCUT2D eigenvalue weighted by Gasteiger charge is 2.26. The molecule has 0 amide bonds. The maximum atomic E-state index is 12.6. The van der Waals surface area contributed by atoms with E-state index in [1.165, 1.54) is 6.07 Å². The van der Waals surface area contributed by atoms with Crippen LogP contribution >= 0.6 is 0 Å². The lowest BCUT2D eigenvalue weighted by atomic mass is 10.2. The molecule has 2 aromatic heterocycles. The molecule has 0 saturated heterocycles. The zero-order chi connectivity index (χ0) is 19.5. The van der Waals surface area contributed by atoms with Gasteiger partial charge in [-0.15, -0.1) is 0 Å². The number of benzene rings is 1. The fourth-order valence-electron chi connectivity index (χ4n) is 3.04. The topological polar surface area (TPSA) is 93.4 Å². The van der Waals surface area contributed by atoms with Crippen molar-refractivity contribution < 1.29 is 4.74 Å². The minimum atomic E-state index is -0.444. The number of pyridine rings is 1. The third-order valence-electron chi connectivity index (χ3n) is 4.42. The minimum absolute atomic E-state index is 0.148. The third-order valence-corrected chi connectivity index (χ3v) is 4.42. The van der Waals surface area contributed by atoms with E-state index < -0.39 is 6.17 Å². The number of aliphatic imine (C=N–C) groups is 1. The number of methoxy groups -OCH3 is 1. The summed E-state index contributed by atoms with van der Waals surface area (Å²) in [7, 11) is 1.64. The monoisotopic (exact) mass is 376 g/mol. The summed E-state index contributed by atoms with van der Waals surface area (Å²) in [6.45, 7) is 2.26. The molecule has 3 aromatic rings. The maximum Gasteiger partial charge on any atom is 0.257 e. The van der Waals surface area contributed by atoms with Gasteiger partial charge in [-0.05, 0) is 30.7 Å². The van der Waals surface area contributed by atoms with E-state index >= 15 is 0 Å². The van der Waals surface area contributed by atoms with E-state index in [0.717, 1.165) is 16.9 Å². The van der Waals surface area contributed by atoms with Crippen LogP contribution in [0.1, 0.15) is 23.0 Å². The van der Waals surface area contributed by atoms with Gasteiger partial charge in [0.05, 0.1) is 13.7 Å². The van der Waals surface area contributed by atoms with Gasteiger partial charge in [-0.1, -0.05) is 18.2 Å².